The Bertz CT molecular complexity index is 731. The number of benzene rings is 1. The van der Waals surface area contributed by atoms with Crippen molar-refractivity contribution >= 4 is 12.1 Å². The minimum Gasteiger partial charge on any atom is -0.444 e. The van der Waals surface area contributed by atoms with Gasteiger partial charge in [0.15, 0.2) is 5.96 Å². The normalized spacial score (nSPS) is 16.0. The molecule has 0 bridgehead atoms. The van der Waals surface area contributed by atoms with Crippen molar-refractivity contribution in [2.75, 3.05) is 33.7 Å². The van der Waals surface area contributed by atoms with Crippen LogP contribution in [0.4, 0.5) is 4.79 Å². The summed E-state index contributed by atoms with van der Waals surface area (Å²) >= 11 is 0. The van der Waals surface area contributed by atoms with Crippen molar-refractivity contribution in [3.8, 4) is 0 Å². The summed E-state index contributed by atoms with van der Waals surface area (Å²) < 4.78 is 5.40. The van der Waals surface area contributed by atoms with Crippen molar-refractivity contribution in [3.63, 3.8) is 0 Å². The van der Waals surface area contributed by atoms with Crippen molar-refractivity contribution < 1.29 is 9.53 Å². The molecule has 1 aromatic rings. The number of likely N-dealkylation sites (tertiary alicyclic amines) is 1. The molecule has 1 saturated heterocycles. The first kappa shape index (κ1) is 24.7. The van der Waals surface area contributed by atoms with Crippen molar-refractivity contribution in [1.82, 2.24) is 20.4 Å². The summed E-state index contributed by atoms with van der Waals surface area (Å²) in [6.45, 7) is 13.8. The molecule has 172 valence electrons. The highest BCUT2D eigenvalue weighted by molar-refractivity contribution is 5.79. The first-order valence-electron chi connectivity index (χ1n) is 11.0. The summed E-state index contributed by atoms with van der Waals surface area (Å²) in [7, 11) is 3.55. The third-order valence-corrected chi connectivity index (χ3v) is 5.15. The molecule has 31 heavy (non-hydrogen) atoms. The molecule has 2 N–H and O–H groups in total. The van der Waals surface area contributed by atoms with Crippen LogP contribution >= 0.6 is 0 Å². The third-order valence-electron chi connectivity index (χ3n) is 5.15. The van der Waals surface area contributed by atoms with Crippen LogP contribution in [0, 0.1) is 0 Å². The van der Waals surface area contributed by atoms with Gasteiger partial charge in [-0.2, -0.15) is 0 Å². The van der Waals surface area contributed by atoms with E-state index in [9.17, 15) is 4.79 Å². The summed E-state index contributed by atoms with van der Waals surface area (Å²) in [4.78, 5) is 20.5. The molecule has 1 heterocycles. The van der Waals surface area contributed by atoms with Crippen molar-refractivity contribution in [2.45, 2.75) is 58.3 Å². The van der Waals surface area contributed by atoms with E-state index in [1.165, 1.54) is 0 Å². The average molecular weight is 430 g/mol. The standard InChI is InChI=1S/C24H39N5O2/c1-7-14-29-15-12-21(13-16-29)27-22(25-5)26-17-19-8-10-20(11-9-19)18-28(6)23(30)31-24(2,3)4/h7-11,21H,1,12-18H2,2-6H3,(H2,25,26,27). The monoisotopic (exact) mass is 429 g/mol. The number of nitrogens with zero attached hydrogens (tertiary/aromatic N) is 3. The Morgan fingerprint density at radius 2 is 1.87 bits per heavy atom. The number of hydrogen-bond acceptors (Lipinski definition) is 4. The van der Waals surface area contributed by atoms with E-state index in [-0.39, 0.29) is 6.09 Å². The van der Waals surface area contributed by atoms with Crippen LogP contribution in [0.15, 0.2) is 41.9 Å². The summed E-state index contributed by atoms with van der Waals surface area (Å²) in [6.07, 6.45) is 3.86. The lowest BCUT2D eigenvalue weighted by Gasteiger charge is -2.32. The van der Waals surface area contributed by atoms with Crippen LogP contribution in [0.2, 0.25) is 0 Å². The fourth-order valence-electron chi connectivity index (χ4n) is 3.46. The largest absolute Gasteiger partial charge is 0.444 e. The number of carbonyl (C=O) groups is 1. The van der Waals surface area contributed by atoms with Crippen LogP contribution in [-0.2, 0) is 17.8 Å². The number of ether oxygens (including phenoxy) is 1. The summed E-state index contributed by atoms with van der Waals surface area (Å²) in [5.41, 5.74) is 1.73. The van der Waals surface area contributed by atoms with Crippen LogP contribution in [0.1, 0.15) is 44.7 Å². The molecule has 0 aliphatic carbocycles. The van der Waals surface area contributed by atoms with E-state index in [1.807, 2.05) is 39.0 Å². The van der Waals surface area contributed by atoms with Gasteiger partial charge in [0.2, 0.25) is 0 Å². The van der Waals surface area contributed by atoms with Gasteiger partial charge in [-0.3, -0.25) is 9.89 Å². The van der Waals surface area contributed by atoms with Crippen LogP contribution in [-0.4, -0.2) is 67.2 Å². The minimum absolute atomic E-state index is 0.316. The maximum atomic E-state index is 12.1. The third kappa shape index (κ3) is 9.00. The molecule has 7 heteroatoms. The number of nitrogens with one attached hydrogen (secondary N) is 2. The SMILES string of the molecule is C=CCN1CCC(NC(=NC)NCc2ccc(CN(C)C(=O)OC(C)(C)C)cc2)CC1. The van der Waals surface area contributed by atoms with Gasteiger partial charge in [0.05, 0.1) is 0 Å². The fraction of sp³-hybridized carbons (Fsp3) is 0.583. The molecule has 0 aromatic heterocycles. The number of rotatable bonds is 7. The molecule has 7 nitrogen and oxygen atoms in total. The van der Waals surface area contributed by atoms with E-state index < -0.39 is 5.60 Å². The molecular weight excluding hydrogens is 390 g/mol. The van der Waals surface area contributed by atoms with Gasteiger partial charge in [-0.25, -0.2) is 4.79 Å². The molecule has 2 rings (SSSR count). The minimum atomic E-state index is -0.490. The second-order valence-electron chi connectivity index (χ2n) is 9.09. The lowest BCUT2D eigenvalue weighted by molar-refractivity contribution is 0.0285. The molecule has 0 radical (unpaired) electrons. The van der Waals surface area contributed by atoms with Crippen LogP contribution in [0.5, 0.6) is 0 Å². The second-order valence-corrected chi connectivity index (χ2v) is 9.09. The van der Waals surface area contributed by atoms with E-state index in [0.29, 0.717) is 19.1 Å². The van der Waals surface area contributed by atoms with Gasteiger partial charge in [0.1, 0.15) is 5.60 Å². The Labute approximate surface area is 187 Å². The summed E-state index contributed by atoms with van der Waals surface area (Å²) in [5, 5.41) is 6.93. The molecule has 1 amide bonds. The highest BCUT2D eigenvalue weighted by Crippen LogP contribution is 2.13. The van der Waals surface area contributed by atoms with Gasteiger partial charge in [0.25, 0.3) is 0 Å². The maximum Gasteiger partial charge on any atom is 0.410 e. The Kier molecular flexibility index (Phi) is 9.37. The Morgan fingerprint density at radius 3 is 2.42 bits per heavy atom. The summed E-state index contributed by atoms with van der Waals surface area (Å²) in [6, 6.07) is 8.68. The number of carbonyl (C=O) groups excluding carboxylic acids is 1. The van der Waals surface area contributed by atoms with Crippen molar-refractivity contribution in [1.29, 1.82) is 0 Å². The number of guanidine groups is 1. The van der Waals surface area contributed by atoms with Gasteiger partial charge in [-0.1, -0.05) is 30.3 Å². The molecule has 0 spiro atoms. The van der Waals surface area contributed by atoms with Crippen LogP contribution in [0.25, 0.3) is 0 Å². The number of piperidine rings is 1. The molecule has 1 aliphatic rings. The summed E-state index contributed by atoms with van der Waals surface area (Å²) in [5.74, 6) is 0.830. The number of amides is 1. The van der Waals surface area contributed by atoms with Crippen LogP contribution < -0.4 is 10.6 Å². The topological polar surface area (TPSA) is 69.2 Å². The Morgan fingerprint density at radius 1 is 1.26 bits per heavy atom. The number of hydrogen-bond donors (Lipinski definition) is 2. The van der Waals surface area contributed by atoms with Gasteiger partial charge in [-0.15, -0.1) is 6.58 Å². The number of aliphatic imine (C=N–C) groups is 1. The zero-order chi connectivity index (χ0) is 22.9. The van der Waals surface area contributed by atoms with E-state index >= 15 is 0 Å². The van der Waals surface area contributed by atoms with Gasteiger partial charge >= 0.3 is 6.09 Å². The van der Waals surface area contributed by atoms with Gasteiger partial charge in [-0.05, 0) is 44.7 Å². The molecule has 1 aliphatic heterocycles. The molecule has 0 atom stereocenters. The molecule has 0 saturated carbocycles. The Hall–Kier alpha value is -2.54. The van der Waals surface area contributed by atoms with E-state index in [2.05, 4.69) is 39.2 Å². The zero-order valence-electron chi connectivity index (χ0n) is 19.8. The first-order chi connectivity index (χ1) is 14.7. The highest BCUT2D eigenvalue weighted by Gasteiger charge is 2.20. The lowest BCUT2D eigenvalue weighted by atomic mass is 10.1. The second kappa shape index (κ2) is 11.7. The van der Waals surface area contributed by atoms with Crippen molar-refractivity contribution in [2.24, 2.45) is 4.99 Å². The predicted molar refractivity (Wildman–Crippen MR) is 127 cm³/mol. The van der Waals surface area contributed by atoms with Crippen LogP contribution in [0.3, 0.4) is 0 Å². The van der Waals surface area contributed by atoms with E-state index in [1.54, 1.807) is 19.0 Å². The molecular formula is C24H39N5O2. The van der Waals surface area contributed by atoms with E-state index in [4.69, 9.17) is 4.74 Å². The van der Waals surface area contributed by atoms with Gasteiger partial charge < -0.3 is 20.3 Å². The highest BCUT2D eigenvalue weighted by atomic mass is 16.6. The Balaban J connectivity index is 1.78. The first-order valence-corrected chi connectivity index (χ1v) is 11.0. The smallest absolute Gasteiger partial charge is 0.410 e. The maximum absolute atomic E-state index is 12.1. The quantitative estimate of drug-likeness (QED) is 0.395. The lowest BCUT2D eigenvalue weighted by Crippen LogP contribution is -2.48. The molecule has 0 unspecified atom stereocenters. The average Bonchev–Trinajstić information content (AvgIpc) is 2.72. The van der Waals surface area contributed by atoms with E-state index in [0.717, 1.165) is 49.6 Å². The van der Waals surface area contributed by atoms with Crippen molar-refractivity contribution in [3.05, 3.63) is 48.0 Å². The predicted octanol–water partition coefficient (Wildman–Crippen LogP) is 3.37. The zero-order valence-corrected chi connectivity index (χ0v) is 19.8. The molecule has 1 aromatic carbocycles. The molecule has 1 fully saturated rings. The fourth-order valence-corrected chi connectivity index (χ4v) is 3.46. The van der Waals surface area contributed by atoms with Gasteiger partial charge in [0, 0.05) is 52.9 Å².